The number of rotatable bonds is 4. The fourth-order valence-electron chi connectivity index (χ4n) is 1.74. The summed E-state index contributed by atoms with van der Waals surface area (Å²) < 4.78 is 18.2. The molecule has 0 aliphatic rings. The molecule has 2 rings (SSSR count). The van der Waals surface area contributed by atoms with Crippen molar-refractivity contribution >= 4 is 0 Å². The summed E-state index contributed by atoms with van der Waals surface area (Å²) in [4.78, 5) is 4.21. The first kappa shape index (κ1) is 12.7. The van der Waals surface area contributed by atoms with E-state index in [2.05, 4.69) is 24.0 Å². The summed E-state index contributed by atoms with van der Waals surface area (Å²) in [7, 11) is 0. The van der Waals surface area contributed by atoms with Crippen molar-refractivity contribution in [3.05, 3.63) is 36.0 Å². The molecule has 1 aromatic carbocycles. The minimum Gasteiger partial charge on any atom is -0.337 e. The van der Waals surface area contributed by atoms with Gasteiger partial charge in [-0.3, -0.25) is 0 Å². The van der Waals surface area contributed by atoms with Gasteiger partial charge < -0.3 is 10.3 Å². The summed E-state index contributed by atoms with van der Waals surface area (Å²) in [5.74, 6) is 0.876. The van der Waals surface area contributed by atoms with E-state index in [1.54, 1.807) is 12.1 Å². The lowest BCUT2D eigenvalue weighted by Gasteiger charge is -2.08. The molecule has 0 unspecified atom stereocenters. The van der Waals surface area contributed by atoms with Crippen molar-refractivity contribution in [1.29, 1.82) is 0 Å². The second-order valence-electron chi connectivity index (χ2n) is 4.70. The van der Waals surface area contributed by atoms with Gasteiger partial charge in [-0.25, -0.2) is 4.39 Å². The van der Waals surface area contributed by atoms with Gasteiger partial charge in [0.1, 0.15) is 5.82 Å². The summed E-state index contributed by atoms with van der Waals surface area (Å²) in [6, 6.07) is 5.79. The lowest BCUT2D eigenvalue weighted by molar-refractivity contribution is 0.335. The van der Waals surface area contributed by atoms with Crippen molar-refractivity contribution in [2.24, 2.45) is 11.7 Å². The minimum absolute atomic E-state index is 0.278. The highest BCUT2D eigenvalue weighted by atomic mass is 19.1. The van der Waals surface area contributed by atoms with Crippen molar-refractivity contribution in [3.63, 3.8) is 0 Å². The van der Waals surface area contributed by atoms with Gasteiger partial charge in [-0.15, -0.1) is 0 Å². The summed E-state index contributed by atoms with van der Waals surface area (Å²) >= 11 is 0. The van der Waals surface area contributed by atoms with Gasteiger partial charge in [0.15, 0.2) is 0 Å². The van der Waals surface area contributed by atoms with Crippen LogP contribution in [0, 0.1) is 11.7 Å². The van der Waals surface area contributed by atoms with Crippen LogP contribution in [-0.4, -0.2) is 10.1 Å². The molecule has 96 valence electrons. The van der Waals surface area contributed by atoms with E-state index >= 15 is 0 Å². The van der Waals surface area contributed by atoms with E-state index in [0.29, 0.717) is 23.2 Å². The van der Waals surface area contributed by atoms with Crippen molar-refractivity contribution in [2.45, 2.75) is 26.3 Å². The van der Waals surface area contributed by atoms with Gasteiger partial charge in [-0.05, 0) is 24.5 Å². The second-order valence-corrected chi connectivity index (χ2v) is 4.70. The first-order valence-electron chi connectivity index (χ1n) is 5.91. The zero-order chi connectivity index (χ0) is 13.1. The Balaban J connectivity index is 2.20. The molecule has 1 atom stereocenters. The highest BCUT2D eigenvalue weighted by molar-refractivity contribution is 5.53. The summed E-state index contributed by atoms with van der Waals surface area (Å²) in [5, 5.41) is 3.82. The Labute approximate surface area is 105 Å². The molecule has 1 heterocycles. The third-order valence-electron chi connectivity index (χ3n) is 2.57. The van der Waals surface area contributed by atoms with E-state index in [1.807, 2.05) is 0 Å². The van der Waals surface area contributed by atoms with Crippen molar-refractivity contribution in [2.75, 3.05) is 0 Å². The molecule has 0 spiro atoms. The fourth-order valence-corrected chi connectivity index (χ4v) is 1.74. The summed E-state index contributed by atoms with van der Waals surface area (Å²) in [5.41, 5.74) is 6.53. The quantitative estimate of drug-likeness (QED) is 0.904. The third-order valence-corrected chi connectivity index (χ3v) is 2.57. The van der Waals surface area contributed by atoms with Gasteiger partial charge in [0, 0.05) is 5.56 Å². The smallest absolute Gasteiger partial charge is 0.243 e. The van der Waals surface area contributed by atoms with E-state index in [0.717, 1.165) is 6.42 Å². The van der Waals surface area contributed by atoms with Crippen molar-refractivity contribution in [1.82, 2.24) is 10.1 Å². The molecule has 0 aliphatic heterocycles. The molecule has 0 fully saturated rings. The van der Waals surface area contributed by atoms with Crippen LogP contribution in [0.4, 0.5) is 4.39 Å². The average Bonchev–Trinajstić information content (AvgIpc) is 2.77. The summed E-state index contributed by atoms with van der Waals surface area (Å²) in [6.07, 6.45) is 0.769. The van der Waals surface area contributed by atoms with E-state index in [9.17, 15) is 4.39 Å². The van der Waals surface area contributed by atoms with Gasteiger partial charge in [0.2, 0.25) is 11.7 Å². The molecule has 0 saturated carbocycles. The van der Waals surface area contributed by atoms with Gasteiger partial charge in [-0.1, -0.05) is 31.1 Å². The molecule has 1 aromatic heterocycles. The zero-order valence-electron chi connectivity index (χ0n) is 10.4. The predicted octanol–water partition coefficient (Wildman–Crippen LogP) is 2.92. The number of nitrogens with zero attached hydrogens (tertiary/aromatic N) is 2. The standard InChI is InChI=1S/C13H16FN3O/c1-8(2)6-11(15)13-16-12(17-18-13)9-4-3-5-10(14)7-9/h3-5,7-8,11H,6,15H2,1-2H3/t11-/m0/s1. The van der Waals surface area contributed by atoms with Gasteiger partial charge in [0.05, 0.1) is 6.04 Å². The van der Waals surface area contributed by atoms with Crippen LogP contribution < -0.4 is 5.73 Å². The number of hydrogen-bond donors (Lipinski definition) is 1. The molecule has 2 N–H and O–H groups in total. The van der Waals surface area contributed by atoms with E-state index in [4.69, 9.17) is 10.3 Å². The maximum atomic E-state index is 13.1. The molecule has 0 bridgehead atoms. The van der Waals surface area contributed by atoms with Crippen LogP contribution in [-0.2, 0) is 0 Å². The number of hydrogen-bond acceptors (Lipinski definition) is 4. The van der Waals surface area contributed by atoms with Gasteiger partial charge in [0.25, 0.3) is 0 Å². The number of benzene rings is 1. The Morgan fingerprint density at radius 3 is 2.83 bits per heavy atom. The predicted molar refractivity (Wildman–Crippen MR) is 66.1 cm³/mol. The lowest BCUT2D eigenvalue weighted by atomic mass is 10.0. The van der Waals surface area contributed by atoms with Crippen molar-refractivity contribution < 1.29 is 8.91 Å². The fraction of sp³-hybridized carbons (Fsp3) is 0.385. The van der Waals surface area contributed by atoms with Crippen LogP contribution in [0.3, 0.4) is 0 Å². The zero-order valence-corrected chi connectivity index (χ0v) is 10.4. The number of halogens is 1. The monoisotopic (exact) mass is 249 g/mol. The van der Waals surface area contributed by atoms with E-state index in [-0.39, 0.29) is 11.9 Å². The molecular formula is C13H16FN3O. The topological polar surface area (TPSA) is 64.9 Å². The molecule has 18 heavy (non-hydrogen) atoms. The van der Waals surface area contributed by atoms with Crippen LogP contribution in [0.2, 0.25) is 0 Å². The van der Waals surface area contributed by atoms with Crippen LogP contribution in [0.1, 0.15) is 32.2 Å². The summed E-state index contributed by atoms with van der Waals surface area (Å²) in [6.45, 7) is 4.15. The molecule has 4 nitrogen and oxygen atoms in total. The van der Waals surface area contributed by atoms with Crippen LogP contribution >= 0.6 is 0 Å². The Bertz CT molecular complexity index is 524. The van der Waals surface area contributed by atoms with Gasteiger partial charge >= 0.3 is 0 Å². The average molecular weight is 249 g/mol. The maximum absolute atomic E-state index is 13.1. The van der Waals surface area contributed by atoms with Crippen LogP contribution in [0.15, 0.2) is 28.8 Å². The van der Waals surface area contributed by atoms with Gasteiger partial charge in [-0.2, -0.15) is 4.98 Å². The normalized spacial score (nSPS) is 12.9. The molecule has 0 radical (unpaired) electrons. The highest BCUT2D eigenvalue weighted by Gasteiger charge is 2.16. The highest BCUT2D eigenvalue weighted by Crippen LogP contribution is 2.21. The lowest BCUT2D eigenvalue weighted by Crippen LogP contribution is -2.13. The van der Waals surface area contributed by atoms with E-state index in [1.165, 1.54) is 12.1 Å². The van der Waals surface area contributed by atoms with Crippen LogP contribution in [0.25, 0.3) is 11.4 Å². The SMILES string of the molecule is CC(C)C[C@H](N)c1nc(-c2cccc(F)c2)no1. The van der Waals surface area contributed by atoms with Crippen molar-refractivity contribution in [3.8, 4) is 11.4 Å². The second kappa shape index (κ2) is 5.27. The molecule has 0 aliphatic carbocycles. The van der Waals surface area contributed by atoms with E-state index < -0.39 is 0 Å². The molecule has 0 saturated heterocycles. The molecule has 0 amide bonds. The largest absolute Gasteiger partial charge is 0.337 e. The Kier molecular flexibility index (Phi) is 3.72. The van der Waals surface area contributed by atoms with Crippen LogP contribution in [0.5, 0.6) is 0 Å². The number of nitrogens with two attached hydrogens (primary N) is 1. The molecule has 5 heteroatoms. The molecule has 2 aromatic rings. The Morgan fingerprint density at radius 1 is 1.39 bits per heavy atom. The first-order chi connectivity index (χ1) is 8.56. The third kappa shape index (κ3) is 2.92. The minimum atomic E-state index is -0.328. The Morgan fingerprint density at radius 2 is 2.17 bits per heavy atom. The Hall–Kier alpha value is -1.75. The maximum Gasteiger partial charge on any atom is 0.243 e. The number of aromatic nitrogens is 2. The first-order valence-corrected chi connectivity index (χ1v) is 5.91. The molecular weight excluding hydrogens is 233 g/mol.